The molecule has 1 fully saturated rings. The summed E-state index contributed by atoms with van der Waals surface area (Å²) in [6, 6.07) is 10.3. The molecular formula is C19H32IN3O2. The minimum atomic E-state index is -0.0527. The average Bonchev–Trinajstić information content (AvgIpc) is 3.04. The zero-order valence-corrected chi connectivity index (χ0v) is 17.8. The Labute approximate surface area is 169 Å². The van der Waals surface area contributed by atoms with Gasteiger partial charge in [0.2, 0.25) is 0 Å². The van der Waals surface area contributed by atoms with Gasteiger partial charge < -0.3 is 20.1 Å². The van der Waals surface area contributed by atoms with Crippen LogP contribution < -0.4 is 10.6 Å². The molecule has 0 amide bonds. The van der Waals surface area contributed by atoms with Crippen LogP contribution >= 0.6 is 24.0 Å². The van der Waals surface area contributed by atoms with Gasteiger partial charge in [-0.25, -0.2) is 0 Å². The van der Waals surface area contributed by atoms with E-state index in [-0.39, 0.29) is 29.6 Å². The summed E-state index contributed by atoms with van der Waals surface area (Å²) in [5, 5.41) is 6.71. The van der Waals surface area contributed by atoms with E-state index in [4.69, 9.17) is 9.47 Å². The third-order valence-corrected chi connectivity index (χ3v) is 4.27. The van der Waals surface area contributed by atoms with Crippen LogP contribution in [0.25, 0.3) is 0 Å². The second-order valence-electron chi connectivity index (χ2n) is 6.50. The van der Waals surface area contributed by atoms with E-state index in [2.05, 4.69) is 34.7 Å². The van der Waals surface area contributed by atoms with Crippen molar-refractivity contribution in [1.82, 2.24) is 10.6 Å². The van der Waals surface area contributed by atoms with Crippen LogP contribution in [-0.4, -0.2) is 44.9 Å². The molecule has 0 radical (unpaired) electrons. The third kappa shape index (κ3) is 8.87. The number of benzene rings is 1. The summed E-state index contributed by atoms with van der Waals surface area (Å²) >= 11 is 0. The zero-order chi connectivity index (χ0) is 17.1. The summed E-state index contributed by atoms with van der Waals surface area (Å²) in [5.74, 6) is 0.844. The molecule has 25 heavy (non-hydrogen) atoms. The number of hydrogen-bond donors (Lipinski definition) is 2. The lowest BCUT2D eigenvalue weighted by atomic mass is 10.0. The number of nitrogens with one attached hydrogen (secondary N) is 2. The second kappa shape index (κ2) is 12.5. The quantitative estimate of drug-likeness (QED) is 0.257. The summed E-state index contributed by atoms with van der Waals surface area (Å²) in [5.41, 5.74) is 1.17. The Kier molecular flexibility index (Phi) is 11.1. The van der Waals surface area contributed by atoms with E-state index in [1.54, 1.807) is 7.05 Å². The highest BCUT2D eigenvalue weighted by Gasteiger charge is 2.29. The predicted molar refractivity (Wildman–Crippen MR) is 114 cm³/mol. The number of unbranched alkanes of at least 4 members (excludes halogenated alkanes) is 1. The smallest absolute Gasteiger partial charge is 0.191 e. The predicted octanol–water partition coefficient (Wildman–Crippen LogP) is 3.34. The van der Waals surface area contributed by atoms with Gasteiger partial charge in [-0.3, -0.25) is 4.99 Å². The average molecular weight is 461 g/mol. The van der Waals surface area contributed by atoms with E-state index < -0.39 is 0 Å². The fourth-order valence-corrected chi connectivity index (χ4v) is 2.77. The largest absolute Gasteiger partial charge is 0.377 e. The van der Waals surface area contributed by atoms with E-state index in [0.29, 0.717) is 6.61 Å². The fourth-order valence-electron chi connectivity index (χ4n) is 2.77. The Bertz CT molecular complexity index is 491. The summed E-state index contributed by atoms with van der Waals surface area (Å²) in [7, 11) is 1.80. The Morgan fingerprint density at radius 2 is 2.04 bits per heavy atom. The fraction of sp³-hybridized carbons (Fsp3) is 0.632. The number of nitrogens with zero attached hydrogens (tertiary/aromatic N) is 1. The lowest BCUT2D eigenvalue weighted by Gasteiger charge is -2.24. The van der Waals surface area contributed by atoms with Gasteiger partial charge in [-0.2, -0.15) is 0 Å². The Hall–Kier alpha value is -0.860. The minimum absolute atomic E-state index is 0. The number of guanidine groups is 1. The highest BCUT2D eigenvalue weighted by Crippen LogP contribution is 2.23. The molecule has 6 heteroatoms. The normalized spacial score (nSPS) is 20.2. The molecular weight excluding hydrogens is 429 g/mol. The van der Waals surface area contributed by atoms with Crippen LogP contribution in [0.4, 0.5) is 0 Å². The molecule has 1 heterocycles. The number of halogens is 1. The van der Waals surface area contributed by atoms with E-state index in [1.165, 1.54) is 5.56 Å². The molecule has 1 aliphatic heterocycles. The molecule has 1 unspecified atom stereocenters. The van der Waals surface area contributed by atoms with Crippen molar-refractivity contribution in [2.75, 3.05) is 33.4 Å². The van der Waals surface area contributed by atoms with E-state index >= 15 is 0 Å². The number of ether oxygens (including phenoxy) is 2. The van der Waals surface area contributed by atoms with E-state index in [0.717, 1.165) is 57.9 Å². The van der Waals surface area contributed by atoms with Gasteiger partial charge >= 0.3 is 0 Å². The first-order valence-corrected chi connectivity index (χ1v) is 8.92. The van der Waals surface area contributed by atoms with Crippen molar-refractivity contribution < 1.29 is 9.47 Å². The molecule has 0 saturated carbocycles. The van der Waals surface area contributed by atoms with Crippen LogP contribution in [0, 0.1) is 0 Å². The number of hydrogen-bond acceptors (Lipinski definition) is 3. The molecule has 1 aromatic carbocycles. The van der Waals surface area contributed by atoms with Crippen LogP contribution in [0.3, 0.4) is 0 Å². The Morgan fingerprint density at radius 3 is 2.72 bits per heavy atom. The monoisotopic (exact) mass is 461 g/mol. The maximum absolute atomic E-state index is 5.78. The van der Waals surface area contributed by atoms with Gasteiger partial charge in [-0.05, 0) is 38.2 Å². The van der Waals surface area contributed by atoms with Crippen LogP contribution in [0.5, 0.6) is 0 Å². The molecule has 2 rings (SSSR count). The molecule has 2 N–H and O–H groups in total. The highest BCUT2D eigenvalue weighted by atomic mass is 127. The molecule has 5 nitrogen and oxygen atoms in total. The maximum Gasteiger partial charge on any atom is 0.191 e. The lowest BCUT2D eigenvalue weighted by molar-refractivity contribution is 0.0243. The molecule has 1 aromatic rings. The van der Waals surface area contributed by atoms with E-state index in [1.807, 2.05) is 18.2 Å². The molecule has 0 aromatic heterocycles. The van der Waals surface area contributed by atoms with Crippen LogP contribution in [0.15, 0.2) is 35.3 Å². The van der Waals surface area contributed by atoms with Gasteiger partial charge in [-0.15, -0.1) is 24.0 Å². The van der Waals surface area contributed by atoms with Crippen LogP contribution in [0.1, 0.15) is 38.2 Å². The summed E-state index contributed by atoms with van der Waals surface area (Å²) < 4.78 is 11.5. The first kappa shape index (κ1) is 22.2. The third-order valence-electron chi connectivity index (χ3n) is 4.27. The van der Waals surface area contributed by atoms with Crippen molar-refractivity contribution in [2.45, 2.75) is 44.8 Å². The molecule has 142 valence electrons. The van der Waals surface area contributed by atoms with Gasteiger partial charge in [0.1, 0.15) is 0 Å². The van der Waals surface area contributed by atoms with Crippen molar-refractivity contribution >= 4 is 29.9 Å². The van der Waals surface area contributed by atoms with Crippen molar-refractivity contribution in [2.24, 2.45) is 4.99 Å². The van der Waals surface area contributed by atoms with Crippen LogP contribution in [0.2, 0.25) is 0 Å². The molecule has 1 saturated heterocycles. The number of aliphatic imine (C=N–C) groups is 1. The van der Waals surface area contributed by atoms with Gasteiger partial charge in [-0.1, -0.05) is 30.3 Å². The topological polar surface area (TPSA) is 54.9 Å². The second-order valence-corrected chi connectivity index (χ2v) is 6.50. The highest BCUT2D eigenvalue weighted by molar-refractivity contribution is 14.0. The van der Waals surface area contributed by atoms with Crippen molar-refractivity contribution in [1.29, 1.82) is 0 Å². The Morgan fingerprint density at radius 1 is 1.24 bits per heavy atom. The van der Waals surface area contributed by atoms with Crippen molar-refractivity contribution in [3.05, 3.63) is 35.9 Å². The maximum atomic E-state index is 5.78. The van der Waals surface area contributed by atoms with E-state index in [9.17, 15) is 0 Å². The molecule has 0 spiro atoms. The minimum Gasteiger partial charge on any atom is -0.377 e. The van der Waals surface area contributed by atoms with Gasteiger partial charge in [0.25, 0.3) is 0 Å². The van der Waals surface area contributed by atoms with Crippen LogP contribution in [-0.2, 0) is 16.1 Å². The molecule has 1 aliphatic rings. The zero-order valence-electron chi connectivity index (χ0n) is 15.4. The van der Waals surface area contributed by atoms with Gasteiger partial charge in [0.15, 0.2) is 5.96 Å². The van der Waals surface area contributed by atoms with Gasteiger partial charge in [0.05, 0.1) is 12.2 Å². The summed E-state index contributed by atoms with van der Waals surface area (Å²) in [6.07, 6.45) is 4.35. The van der Waals surface area contributed by atoms with Crippen molar-refractivity contribution in [3.8, 4) is 0 Å². The Balaban J connectivity index is 0.00000312. The summed E-state index contributed by atoms with van der Waals surface area (Å²) in [6.45, 7) is 6.20. The SMILES string of the molecule is CN=C(NCCCCOCc1ccccc1)NCC1(C)CCCO1.I. The summed E-state index contributed by atoms with van der Waals surface area (Å²) in [4.78, 5) is 4.26. The number of rotatable bonds is 9. The van der Waals surface area contributed by atoms with Crippen molar-refractivity contribution in [3.63, 3.8) is 0 Å². The first-order valence-electron chi connectivity index (χ1n) is 8.92. The standard InChI is InChI=1S/C19H31N3O2.HI/c1-19(11-8-14-24-19)16-22-18(20-2)21-12-6-7-13-23-15-17-9-4-3-5-10-17;/h3-5,9-10H,6-8,11-16H2,1-2H3,(H2,20,21,22);1H. The van der Waals surface area contributed by atoms with Gasteiger partial charge in [0, 0.05) is 33.4 Å². The molecule has 0 bridgehead atoms. The molecule has 1 atom stereocenters. The first-order chi connectivity index (χ1) is 11.7. The molecule has 0 aliphatic carbocycles. The lowest BCUT2D eigenvalue weighted by Crippen LogP contribution is -2.45.